The Balaban J connectivity index is 2.29. The lowest BCUT2D eigenvalue weighted by molar-refractivity contribution is -0.125. The van der Waals surface area contributed by atoms with Crippen LogP contribution >= 0.6 is 0 Å². The summed E-state index contributed by atoms with van der Waals surface area (Å²) in [7, 11) is 0. The molecule has 0 radical (unpaired) electrons. The Hall–Kier alpha value is -1.77. The predicted octanol–water partition coefficient (Wildman–Crippen LogP) is 1.42. The van der Waals surface area contributed by atoms with Gasteiger partial charge in [0, 0.05) is 18.4 Å². The second-order valence-corrected chi connectivity index (χ2v) is 3.60. The molecule has 0 amide bonds. The first-order valence-electron chi connectivity index (χ1n) is 4.85. The van der Waals surface area contributed by atoms with E-state index in [-0.39, 0.29) is 30.2 Å². The quantitative estimate of drug-likeness (QED) is 0.538. The van der Waals surface area contributed by atoms with Gasteiger partial charge in [-0.15, -0.1) is 0 Å². The summed E-state index contributed by atoms with van der Waals surface area (Å²) in [6.07, 6.45) is 0.421. The summed E-state index contributed by atoms with van der Waals surface area (Å²) >= 11 is 0. The van der Waals surface area contributed by atoms with E-state index in [4.69, 9.17) is 0 Å². The Bertz CT molecular complexity index is 404. The first kappa shape index (κ1) is 9.77. The lowest BCUT2D eigenvalue weighted by Gasteiger charge is -2.04. The fraction of sp³-hybridized carbons (Fsp3) is 0.250. The third kappa shape index (κ3) is 1.73. The van der Waals surface area contributed by atoms with Crippen molar-refractivity contribution in [1.29, 1.82) is 0 Å². The van der Waals surface area contributed by atoms with Crippen LogP contribution < -0.4 is 0 Å². The number of hydrogen-bond donors (Lipinski definition) is 0. The second-order valence-electron chi connectivity index (χ2n) is 3.60. The van der Waals surface area contributed by atoms with Crippen LogP contribution in [0.5, 0.6) is 0 Å². The molecule has 1 aromatic rings. The molecule has 0 unspecified atom stereocenters. The molecule has 0 bridgehead atoms. The molecule has 76 valence electrons. The van der Waals surface area contributed by atoms with Crippen molar-refractivity contribution in [2.75, 3.05) is 0 Å². The van der Waals surface area contributed by atoms with Gasteiger partial charge in [-0.05, 0) is 0 Å². The van der Waals surface area contributed by atoms with Crippen LogP contribution in [0.1, 0.15) is 23.2 Å². The second kappa shape index (κ2) is 3.77. The summed E-state index contributed by atoms with van der Waals surface area (Å²) in [5.41, 5.74) is 0.436. The average molecular weight is 202 g/mol. The number of carbonyl (C=O) groups is 3. The maximum absolute atomic E-state index is 11.8. The summed E-state index contributed by atoms with van der Waals surface area (Å²) in [5.74, 6) is -1.88. The van der Waals surface area contributed by atoms with Gasteiger partial charge in [-0.25, -0.2) is 0 Å². The average Bonchev–Trinajstić information content (AvgIpc) is 2.59. The molecule has 3 nitrogen and oxygen atoms in total. The van der Waals surface area contributed by atoms with Crippen molar-refractivity contribution >= 4 is 17.3 Å². The van der Waals surface area contributed by atoms with Gasteiger partial charge < -0.3 is 0 Å². The van der Waals surface area contributed by atoms with Crippen molar-refractivity contribution in [3.63, 3.8) is 0 Å². The van der Waals surface area contributed by atoms with E-state index in [1.165, 1.54) is 0 Å². The van der Waals surface area contributed by atoms with Crippen molar-refractivity contribution in [2.45, 2.75) is 12.8 Å². The number of hydrogen-bond acceptors (Lipinski definition) is 3. The maximum Gasteiger partial charge on any atom is 0.180 e. The van der Waals surface area contributed by atoms with E-state index < -0.39 is 5.92 Å². The molecule has 0 spiro atoms. The molecule has 15 heavy (non-hydrogen) atoms. The summed E-state index contributed by atoms with van der Waals surface area (Å²) in [5, 5.41) is 0. The Morgan fingerprint density at radius 1 is 1.00 bits per heavy atom. The largest absolute Gasteiger partial charge is 0.298 e. The molecular weight excluding hydrogens is 192 g/mol. The third-order valence-electron chi connectivity index (χ3n) is 2.58. The van der Waals surface area contributed by atoms with Crippen LogP contribution in [-0.2, 0) is 9.59 Å². The van der Waals surface area contributed by atoms with E-state index in [2.05, 4.69) is 0 Å². The van der Waals surface area contributed by atoms with Gasteiger partial charge in [-0.2, -0.15) is 0 Å². The molecule has 1 fully saturated rings. The number of carbonyl (C=O) groups excluding carboxylic acids is 3. The van der Waals surface area contributed by atoms with E-state index in [0.29, 0.717) is 5.56 Å². The fourth-order valence-electron chi connectivity index (χ4n) is 1.78. The van der Waals surface area contributed by atoms with Crippen LogP contribution in [-0.4, -0.2) is 17.3 Å². The number of ketones is 3. The molecule has 1 aliphatic rings. The minimum Gasteiger partial charge on any atom is -0.298 e. The van der Waals surface area contributed by atoms with Gasteiger partial charge in [0.05, 0.1) is 0 Å². The fourth-order valence-corrected chi connectivity index (χ4v) is 1.78. The minimum atomic E-state index is -1.03. The predicted molar refractivity (Wildman–Crippen MR) is 53.5 cm³/mol. The zero-order valence-electron chi connectivity index (χ0n) is 8.10. The zero-order chi connectivity index (χ0) is 10.8. The van der Waals surface area contributed by atoms with E-state index in [1.54, 1.807) is 30.3 Å². The van der Waals surface area contributed by atoms with Gasteiger partial charge in [0.1, 0.15) is 5.92 Å². The highest BCUT2D eigenvalue weighted by Gasteiger charge is 2.38. The van der Waals surface area contributed by atoms with Crippen LogP contribution in [0.2, 0.25) is 0 Å². The molecule has 0 N–H and O–H groups in total. The summed E-state index contributed by atoms with van der Waals surface area (Å²) in [4.78, 5) is 34.5. The van der Waals surface area contributed by atoms with Gasteiger partial charge in [0.2, 0.25) is 0 Å². The summed E-state index contributed by atoms with van der Waals surface area (Å²) in [6, 6.07) is 8.48. The lowest BCUT2D eigenvalue weighted by atomic mass is 9.95. The molecule has 3 heteroatoms. The highest BCUT2D eigenvalue weighted by atomic mass is 16.2. The van der Waals surface area contributed by atoms with E-state index in [1.807, 2.05) is 0 Å². The van der Waals surface area contributed by atoms with Crippen LogP contribution in [0.4, 0.5) is 0 Å². The van der Waals surface area contributed by atoms with E-state index in [0.717, 1.165) is 0 Å². The highest BCUT2D eigenvalue weighted by Crippen LogP contribution is 2.21. The molecule has 2 rings (SSSR count). The van der Waals surface area contributed by atoms with Gasteiger partial charge in [-0.3, -0.25) is 14.4 Å². The van der Waals surface area contributed by atoms with Crippen LogP contribution in [0.15, 0.2) is 30.3 Å². The number of Topliss-reactive ketones (excluding diaryl/α,β-unsaturated/α-hetero) is 3. The molecule has 0 aromatic heterocycles. The van der Waals surface area contributed by atoms with Crippen molar-refractivity contribution in [3.05, 3.63) is 35.9 Å². The summed E-state index contributed by atoms with van der Waals surface area (Å²) in [6.45, 7) is 0. The van der Waals surface area contributed by atoms with Crippen molar-refractivity contribution in [2.24, 2.45) is 5.92 Å². The normalized spacial score (nSPS) is 17.1. The van der Waals surface area contributed by atoms with Crippen molar-refractivity contribution in [3.8, 4) is 0 Å². The van der Waals surface area contributed by atoms with E-state index in [9.17, 15) is 14.4 Å². The van der Waals surface area contributed by atoms with Gasteiger partial charge in [-0.1, -0.05) is 30.3 Å². The zero-order valence-corrected chi connectivity index (χ0v) is 8.10. The Labute approximate surface area is 87.1 Å². The van der Waals surface area contributed by atoms with Crippen LogP contribution in [0.3, 0.4) is 0 Å². The van der Waals surface area contributed by atoms with Crippen LogP contribution in [0, 0.1) is 5.92 Å². The Morgan fingerprint density at radius 3 is 2.07 bits per heavy atom. The summed E-state index contributed by atoms with van der Waals surface area (Å²) < 4.78 is 0. The molecule has 1 aromatic carbocycles. The van der Waals surface area contributed by atoms with Gasteiger partial charge in [0.15, 0.2) is 17.3 Å². The monoisotopic (exact) mass is 202 g/mol. The number of benzene rings is 1. The first-order chi connectivity index (χ1) is 7.20. The minimum absolute atomic E-state index is 0.210. The first-order valence-corrected chi connectivity index (χ1v) is 4.85. The molecule has 1 aliphatic carbocycles. The number of rotatable bonds is 2. The smallest absolute Gasteiger partial charge is 0.180 e. The molecule has 0 aliphatic heterocycles. The lowest BCUT2D eigenvalue weighted by Crippen LogP contribution is -2.24. The standard InChI is InChI=1S/C12H10O3/c13-9-6-7-10(14)11(9)12(15)8-4-2-1-3-5-8/h1-5,11H,6-7H2. The van der Waals surface area contributed by atoms with Crippen molar-refractivity contribution in [1.82, 2.24) is 0 Å². The van der Waals surface area contributed by atoms with Gasteiger partial charge in [0.25, 0.3) is 0 Å². The maximum atomic E-state index is 11.8. The molecule has 0 heterocycles. The topological polar surface area (TPSA) is 51.2 Å². The third-order valence-corrected chi connectivity index (χ3v) is 2.58. The molecule has 1 saturated carbocycles. The Kier molecular flexibility index (Phi) is 2.46. The van der Waals surface area contributed by atoms with Crippen molar-refractivity contribution < 1.29 is 14.4 Å². The van der Waals surface area contributed by atoms with Gasteiger partial charge >= 0.3 is 0 Å². The van der Waals surface area contributed by atoms with Crippen LogP contribution in [0.25, 0.3) is 0 Å². The van der Waals surface area contributed by atoms with E-state index >= 15 is 0 Å². The SMILES string of the molecule is O=C1CCC(=O)C1C(=O)c1ccccc1. The Morgan fingerprint density at radius 2 is 1.53 bits per heavy atom. The molecule has 0 atom stereocenters. The molecular formula is C12H10O3. The highest BCUT2D eigenvalue weighted by molar-refractivity contribution is 6.27. The molecule has 0 saturated heterocycles.